The molecule has 2 aromatic rings. The van der Waals surface area contributed by atoms with Crippen LogP contribution in [0.25, 0.3) is 0 Å². The molecule has 3 amide bonds. The lowest BCUT2D eigenvalue weighted by molar-refractivity contribution is -0.384. The van der Waals surface area contributed by atoms with Gasteiger partial charge >= 0.3 is 6.03 Å². The summed E-state index contributed by atoms with van der Waals surface area (Å²) in [5.41, 5.74) is 0.279. The second kappa shape index (κ2) is 8.11. The molecule has 0 bridgehead atoms. The number of carbonyl (C=O) groups excluding carboxylic acids is 2. The van der Waals surface area contributed by atoms with Crippen LogP contribution in [0.5, 0.6) is 5.75 Å². The molecule has 0 aliphatic rings. The van der Waals surface area contributed by atoms with E-state index in [-0.39, 0.29) is 16.5 Å². The van der Waals surface area contributed by atoms with Crippen LogP contribution in [0.2, 0.25) is 5.02 Å². The van der Waals surface area contributed by atoms with E-state index in [1.807, 2.05) is 0 Å². The Labute approximate surface area is 147 Å². The van der Waals surface area contributed by atoms with Crippen molar-refractivity contribution >= 4 is 29.2 Å². The first-order valence-electron chi connectivity index (χ1n) is 7.10. The maximum Gasteiger partial charge on any atom is 0.321 e. The van der Waals surface area contributed by atoms with E-state index in [1.165, 1.54) is 19.2 Å². The molecule has 0 heterocycles. The number of hydrogen-bond donors (Lipinski definition) is 2. The van der Waals surface area contributed by atoms with E-state index in [4.69, 9.17) is 16.3 Å². The van der Waals surface area contributed by atoms with E-state index < -0.39 is 23.0 Å². The van der Waals surface area contributed by atoms with Crippen LogP contribution in [0, 0.1) is 10.1 Å². The first-order chi connectivity index (χ1) is 11.9. The van der Waals surface area contributed by atoms with Crippen LogP contribution in [-0.2, 0) is 4.79 Å². The largest absolute Gasteiger partial charge is 0.474 e. The Morgan fingerprint density at radius 2 is 1.88 bits per heavy atom. The molecular formula is C16H14ClN3O5. The standard InChI is InChI=1S/C16H14ClN3O5/c1-18-16(22)19-15(21)14(10-5-3-2-4-6-10)25-13-8-7-11(20(23)24)9-12(13)17/h2-9,14H,1H3,(H2,18,19,21,22)/t14-/m1/s1. The van der Waals surface area contributed by atoms with E-state index in [0.717, 1.165) is 6.07 Å². The van der Waals surface area contributed by atoms with Gasteiger partial charge in [-0.2, -0.15) is 0 Å². The second-order valence-corrected chi connectivity index (χ2v) is 5.26. The molecule has 0 unspecified atom stereocenters. The molecule has 9 heteroatoms. The minimum atomic E-state index is -1.17. The summed E-state index contributed by atoms with van der Waals surface area (Å²) in [6, 6.07) is 11.4. The number of rotatable bonds is 5. The quantitative estimate of drug-likeness (QED) is 0.626. The molecule has 8 nitrogen and oxygen atoms in total. The molecule has 0 fully saturated rings. The number of ether oxygens (including phenoxy) is 1. The fourth-order valence-electron chi connectivity index (χ4n) is 1.97. The summed E-state index contributed by atoms with van der Waals surface area (Å²) in [5.74, 6) is -0.631. The van der Waals surface area contributed by atoms with Gasteiger partial charge in [0.15, 0.2) is 0 Å². The zero-order valence-corrected chi connectivity index (χ0v) is 13.8. The Morgan fingerprint density at radius 1 is 1.20 bits per heavy atom. The lowest BCUT2D eigenvalue weighted by Crippen LogP contribution is -2.41. The summed E-state index contributed by atoms with van der Waals surface area (Å²) in [6.45, 7) is 0. The highest BCUT2D eigenvalue weighted by molar-refractivity contribution is 6.32. The number of nitro benzene ring substituents is 1. The Hall–Kier alpha value is -3.13. The van der Waals surface area contributed by atoms with Crippen molar-refractivity contribution in [2.45, 2.75) is 6.10 Å². The molecule has 0 radical (unpaired) electrons. The predicted octanol–water partition coefficient (Wildman–Crippen LogP) is 2.82. The van der Waals surface area contributed by atoms with E-state index in [0.29, 0.717) is 5.56 Å². The van der Waals surface area contributed by atoms with Crippen LogP contribution in [0.1, 0.15) is 11.7 Å². The summed E-state index contributed by atoms with van der Waals surface area (Å²) in [7, 11) is 1.37. The van der Waals surface area contributed by atoms with E-state index in [1.54, 1.807) is 30.3 Å². The van der Waals surface area contributed by atoms with Crippen molar-refractivity contribution in [3.8, 4) is 5.75 Å². The number of imide groups is 1. The third kappa shape index (κ3) is 4.67. The molecular weight excluding hydrogens is 350 g/mol. The van der Waals surface area contributed by atoms with Crippen LogP contribution >= 0.6 is 11.6 Å². The maximum absolute atomic E-state index is 12.4. The number of non-ortho nitro benzene ring substituents is 1. The lowest BCUT2D eigenvalue weighted by Gasteiger charge is -2.19. The number of amides is 3. The molecule has 2 N–H and O–H groups in total. The van der Waals surface area contributed by atoms with Gasteiger partial charge in [0.2, 0.25) is 6.10 Å². The zero-order valence-electron chi connectivity index (χ0n) is 13.1. The minimum Gasteiger partial charge on any atom is -0.474 e. The Bertz CT molecular complexity index is 798. The topological polar surface area (TPSA) is 111 Å². The minimum absolute atomic E-state index is 0.0251. The third-order valence-electron chi connectivity index (χ3n) is 3.18. The van der Waals surface area contributed by atoms with E-state index in [2.05, 4.69) is 10.6 Å². The van der Waals surface area contributed by atoms with Crippen molar-refractivity contribution in [3.63, 3.8) is 0 Å². The fourth-order valence-corrected chi connectivity index (χ4v) is 2.19. The average molecular weight is 364 g/mol. The Balaban J connectivity index is 2.32. The molecule has 130 valence electrons. The van der Waals surface area contributed by atoms with E-state index in [9.17, 15) is 19.7 Å². The number of urea groups is 1. The number of nitrogens with zero attached hydrogens (tertiary/aromatic N) is 1. The number of nitro groups is 1. The van der Waals surface area contributed by atoms with Gasteiger partial charge in [-0.3, -0.25) is 20.2 Å². The van der Waals surface area contributed by atoms with Crippen molar-refractivity contribution in [2.24, 2.45) is 0 Å². The summed E-state index contributed by atoms with van der Waals surface area (Å²) >= 11 is 6.00. The predicted molar refractivity (Wildman–Crippen MR) is 90.5 cm³/mol. The smallest absolute Gasteiger partial charge is 0.321 e. The van der Waals surface area contributed by atoms with Gasteiger partial charge in [0.1, 0.15) is 5.75 Å². The van der Waals surface area contributed by atoms with Crippen LogP contribution in [-0.4, -0.2) is 23.9 Å². The number of benzene rings is 2. The van der Waals surface area contributed by atoms with Gasteiger partial charge < -0.3 is 10.1 Å². The molecule has 0 aromatic heterocycles. The number of carbonyl (C=O) groups is 2. The summed E-state index contributed by atoms with van der Waals surface area (Å²) in [4.78, 5) is 33.9. The van der Waals surface area contributed by atoms with Gasteiger partial charge in [-0.05, 0) is 6.07 Å². The van der Waals surface area contributed by atoms with Crippen LogP contribution < -0.4 is 15.4 Å². The third-order valence-corrected chi connectivity index (χ3v) is 3.47. The zero-order chi connectivity index (χ0) is 18.4. The van der Waals surface area contributed by atoms with Crippen molar-refractivity contribution in [1.82, 2.24) is 10.6 Å². The molecule has 2 aromatic carbocycles. The van der Waals surface area contributed by atoms with Gasteiger partial charge in [-0.1, -0.05) is 41.9 Å². The highest BCUT2D eigenvalue weighted by Gasteiger charge is 2.25. The van der Waals surface area contributed by atoms with E-state index >= 15 is 0 Å². The highest BCUT2D eigenvalue weighted by Crippen LogP contribution is 2.32. The Kier molecular flexibility index (Phi) is 5.91. The monoisotopic (exact) mass is 363 g/mol. The number of hydrogen-bond acceptors (Lipinski definition) is 5. The molecule has 0 spiro atoms. The van der Waals surface area contributed by atoms with Crippen molar-refractivity contribution in [2.75, 3.05) is 7.05 Å². The molecule has 1 atom stereocenters. The van der Waals surface area contributed by atoms with Crippen molar-refractivity contribution in [1.29, 1.82) is 0 Å². The highest BCUT2D eigenvalue weighted by atomic mass is 35.5. The molecule has 2 rings (SSSR count). The molecule has 0 saturated heterocycles. The van der Waals surface area contributed by atoms with Gasteiger partial charge in [0, 0.05) is 24.7 Å². The molecule has 0 saturated carbocycles. The SMILES string of the molecule is CNC(=O)NC(=O)[C@H](Oc1ccc([N+](=O)[O-])cc1Cl)c1ccccc1. The average Bonchev–Trinajstić information content (AvgIpc) is 2.60. The molecule has 25 heavy (non-hydrogen) atoms. The first-order valence-corrected chi connectivity index (χ1v) is 7.48. The van der Waals surface area contributed by atoms with Crippen molar-refractivity contribution < 1.29 is 19.2 Å². The number of halogens is 1. The number of nitrogens with one attached hydrogen (secondary N) is 2. The van der Waals surface area contributed by atoms with Crippen molar-refractivity contribution in [3.05, 3.63) is 69.2 Å². The van der Waals surface area contributed by atoms with Gasteiger partial charge in [0.05, 0.1) is 9.95 Å². The summed E-state index contributed by atoms with van der Waals surface area (Å²) in [5, 5.41) is 15.1. The fraction of sp³-hybridized carbons (Fsp3) is 0.125. The van der Waals surface area contributed by atoms with Gasteiger partial charge in [-0.15, -0.1) is 0 Å². The lowest BCUT2D eigenvalue weighted by atomic mass is 10.1. The first kappa shape index (κ1) is 18.2. The normalized spacial score (nSPS) is 11.3. The molecule has 0 aliphatic heterocycles. The molecule has 0 aliphatic carbocycles. The summed E-state index contributed by atoms with van der Waals surface area (Å²) in [6.07, 6.45) is -1.17. The van der Waals surface area contributed by atoms with Crippen LogP contribution in [0.4, 0.5) is 10.5 Å². The van der Waals surface area contributed by atoms with Crippen LogP contribution in [0.3, 0.4) is 0 Å². The second-order valence-electron chi connectivity index (χ2n) is 4.85. The Morgan fingerprint density at radius 3 is 2.44 bits per heavy atom. The van der Waals surface area contributed by atoms with Gasteiger partial charge in [-0.25, -0.2) is 4.79 Å². The van der Waals surface area contributed by atoms with Gasteiger partial charge in [0.25, 0.3) is 11.6 Å². The summed E-state index contributed by atoms with van der Waals surface area (Å²) < 4.78 is 5.63. The maximum atomic E-state index is 12.4. The van der Waals surface area contributed by atoms with Crippen LogP contribution in [0.15, 0.2) is 48.5 Å².